The van der Waals surface area contributed by atoms with E-state index in [1.54, 1.807) is 35.7 Å². The summed E-state index contributed by atoms with van der Waals surface area (Å²) in [6.07, 6.45) is 0. The normalized spacial score (nSPS) is 11.5. The summed E-state index contributed by atoms with van der Waals surface area (Å²) in [5.41, 5.74) is 0.968. The molecule has 11 heteroatoms. The summed E-state index contributed by atoms with van der Waals surface area (Å²) in [5, 5.41) is 7.13. The Hall–Kier alpha value is -4.25. The lowest BCUT2D eigenvalue weighted by Crippen LogP contribution is -2.28. The van der Waals surface area contributed by atoms with Gasteiger partial charge in [-0.05, 0) is 29.1 Å². The van der Waals surface area contributed by atoms with E-state index >= 15 is 0 Å². The molecule has 0 aliphatic carbocycles. The third-order valence-electron chi connectivity index (χ3n) is 5.00. The number of carbonyl (C=O) groups excluding carboxylic acids is 3. The second-order valence-electron chi connectivity index (χ2n) is 7.22. The Morgan fingerprint density at radius 1 is 1.00 bits per heavy atom. The van der Waals surface area contributed by atoms with Gasteiger partial charge in [0.2, 0.25) is 6.79 Å². The minimum atomic E-state index is -0.814. The van der Waals surface area contributed by atoms with Gasteiger partial charge >= 0.3 is 5.97 Å². The molecule has 3 aromatic rings. The summed E-state index contributed by atoms with van der Waals surface area (Å²) in [7, 11) is 2.85. The third kappa shape index (κ3) is 5.64. The fraction of sp³-hybridized carbons (Fsp3) is 0.208. The van der Waals surface area contributed by atoms with Crippen LogP contribution in [0.2, 0.25) is 0 Å². The summed E-state index contributed by atoms with van der Waals surface area (Å²) in [4.78, 5) is 38.1. The van der Waals surface area contributed by atoms with Gasteiger partial charge in [-0.25, -0.2) is 4.79 Å². The van der Waals surface area contributed by atoms with Crippen LogP contribution >= 0.6 is 11.3 Å². The number of hydrogen-bond donors (Lipinski definition) is 2. The van der Waals surface area contributed by atoms with Gasteiger partial charge in [0.25, 0.3) is 11.8 Å². The van der Waals surface area contributed by atoms with E-state index in [-0.39, 0.29) is 30.3 Å². The number of ether oxygens (including phenoxy) is 5. The van der Waals surface area contributed by atoms with Gasteiger partial charge in [0, 0.05) is 18.7 Å². The highest BCUT2D eigenvalue weighted by atomic mass is 32.1. The summed E-state index contributed by atoms with van der Waals surface area (Å²) in [6, 6.07) is 11.6. The predicted octanol–water partition coefficient (Wildman–Crippen LogP) is 3.22. The summed E-state index contributed by atoms with van der Waals surface area (Å²) < 4.78 is 26.3. The lowest BCUT2D eigenvalue weighted by Gasteiger charge is -2.15. The van der Waals surface area contributed by atoms with Crippen molar-refractivity contribution < 1.29 is 38.1 Å². The lowest BCUT2D eigenvalue weighted by atomic mass is 10.1. The largest absolute Gasteiger partial charge is 0.493 e. The fourth-order valence-electron chi connectivity index (χ4n) is 3.25. The highest BCUT2D eigenvalue weighted by Gasteiger charge is 2.21. The molecule has 0 atom stereocenters. The minimum absolute atomic E-state index is 0.0103. The second kappa shape index (κ2) is 10.8. The molecule has 0 fully saturated rings. The smallest absolute Gasteiger partial charge is 0.340 e. The molecule has 4 rings (SSSR count). The van der Waals surface area contributed by atoms with E-state index in [1.807, 2.05) is 0 Å². The number of amides is 2. The molecule has 1 aliphatic rings. The van der Waals surface area contributed by atoms with Crippen LogP contribution in [0.15, 0.2) is 47.8 Å². The van der Waals surface area contributed by atoms with Crippen molar-refractivity contribution in [3.63, 3.8) is 0 Å². The molecule has 2 amide bonds. The Balaban J connectivity index is 1.41. The van der Waals surface area contributed by atoms with Gasteiger partial charge in [-0.1, -0.05) is 12.1 Å². The van der Waals surface area contributed by atoms with Crippen molar-refractivity contribution in [1.29, 1.82) is 0 Å². The molecule has 0 saturated carbocycles. The molecule has 0 unspecified atom stereocenters. The highest BCUT2D eigenvalue weighted by Crippen LogP contribution is 2.34. The molecule has 0 spiro atoms. The van der Waals surface area contributed by atoms with Crippen molar-refractivity contribution in [2.24, 2.45) is 0 Å². The molecule has 2 heterocycles. The Bertz CT molecular complexity index is 1240. The number of fused-ring (bicyclic) bond motifs is 1. The van der Waals surface area contributed by atoms with Gasteiger partial charge < -0.3 is 34.3 Å². The number of rotatable bonds is 9. The molecule has 35 heavy (non-hydrogen) atoms. The van der Waals surface area contributed by atoms with Crippen LogP contribution < -0.4 is 29.6 Å². The quantitative estimate of drug-likeness (QED) is 0.432. The van der Waals surface area contributed by atoms with Gasteiger partial charge in [0.1, 0.15) is 0 Å². The number of esters is 1. The van der Waals surface area contributed by atoms with E-state index in [4.69, 9.17) is 23.7 Å². The first kappa shape index (κ1) is 23.9. The zero-order chi connectivity index (χ0) is 24.8. The number of benzene rings is 2. The number of anilines is 1. The average Bonchev–Trinajstić information content (AvgIpc) is 3.57. The van der Waals surface area contributed by atoms with Crippen molar-refractivity contribution in [3.05, 3.63) is 63.8 Å². The number of hydrogen-bond acceptors (Lipinski definition) is 9. The number of nitrogens with one attached hydrogen (secondary N) is 2. The van der Waals surface area contributed by atoms with Crippen molar-refractivity contribution in [1.82, 2.24) is 5.32 Å². The molecule has 182 valence electrons. The zero-order valence-electron chi connectivity index (χ0n) is 18.9. The van der Waals surface area contributed by atoms with Crippen LogP contribution in [0, 0.1) is 0 Å². The Morgan fingerprint density at radius 3 is 2.51 bits per heavy atom. The van der Waals surface area contributed by atoms with Crippen molar-refractivity contribution >= 4 is 34.8 Å². The van der Waals surface area contributed by atoms with E-state index in [9.17, 15) is 14.4 Å². The van der Waals surface area contributed by atoms with E-state index in [2.05, 4.69) is 10.6 Å². The van der Waals surface area contributed by atoms with Crippen molar-refractivity contribution in [2.45, 2.75) is 6.54 Å². The average molecular weight is 499 g/mol. The van der Waals surface area contributed by atoms with Gasteiger partial charge in [-0.15, -0.1) is 11.3 Å². The van der Waals surface area contributed by atoms with Crippen LogP contribution in [0.3, 0.4) is 0 Å². The molecule has 2 aromatic carbocycles. The monoisotopic (exact) mass is 498 g/mol. The fourth-order valence-corrected chi connectivity index (χ4v) is 3.87. The maximum absolute atomic E-state index is 12.8. The van der Waals surface area contributed by atoms with Crippen LogP contribution in [0.5, 0.6) is 23.0 Å². The molecule has 0 bridgehead atoms. The van der Waals surface area contributed by atoms with Crippen LogP contribution in [0.4, 0.5) is 5.69 Å². The standard InChI is InChI=1S/C24H22N2O8S/c1-30-18-9-15(16(10-19(18)31-2)26-23(28)21-4-3-7-35-21)24(29)32-12-22(27)25-11-14-5-6-17-20(8-14)34-13-33-17/h3-10H,11-13H2,1-2H3,(H,25,27)(H,26,28). The van der Waals surface area contributed by atoms with Gasteiger partial charge in [-0.2, -0.15) is 0 Å². The van der Waals surface area contributed by atoms with Crippen LogP contribution in [-0.2, 0) is 16.1 Å². The SMILES string of the molecule is COc1cc(NC(=O)c2cccs2)c(C(=O)OCC(=O)NCc2ccc3c(c2)OCO3)cc1OC. The Morgan fingerprint density at radius 2 is 1.77 bits per heavy atom. The number of carbonyl (C=O) groups is 3. The summed E-state index contributed by atoms with van der Waals surface area (Å²) >= 11 is 1.25. The van der Waals surface area contributed by atoms with Crippen LogP contribution in [0.25, 0.3) is 0 Å². The topological polar surface area (TPSA) is 121 Å². The van der Waals surface area contributed by atoms with Crippen molar-refractivity contribution in [3.8, 4) is 23.0 Å². The maximum atomic E-state index is 12.8. The van der Waals surface area contributed by atoms with E-state index in [0.29, 0.717) is 22.1 Å². The first-order chi connectivity index (χ1) is 17.0. The van der Waals surface area contributed by atoms with E-state index in [0.717, 1.165) is 5.56 Å². The number of methoxy groups -OCH3 is 2. The predicted molar refractivity (Wildman–Crippen MR) is 127 cm³/mol. The zero-order valence-corrected chi connectivity index (χ0v) is 19.7. The highest BCUT2D eigenvalue weighted by molar-refractivity contribution is 7.12. The van der Waals surface area contributed by atoms with Gasteiger partial charge in [0.15, 0.2) is 29.6 Å². The molecule has 10 nitrogen and oxygen atoms in total. The minimum Gasteiger partial charge on any atom is -0.493 e. The molecule has 0 radical (unpaired) electrons. The maximum Gasteiger partial charge on any atom is 0.340 e. The van der Waals surface area contributed by atoms with Crippen molar-refractivity contribution in [2.75, 3.05) is 32.9 Å². The van der Waals surface area contributed by atoms with Gasteiger partial charge in [0.05, 0.1) is 30.3 Å². The third-order valence-corrected chi connectivity index (χ3v) is 5.87. The van der Waals surface area contributed by atoms with E-state index < -0.39 is 24.4 Å². The van der Waals surface area contributed by atoms with Crippen LogP contribution in [-0.4, -0.2) is 45.4 Å². The van der Waals surface area contributed by atoms with Gasteiger partial charge in [-0.3, -0.25) is 9.59 Å². The number of thiophene rings is 1. The van der Waals surface area contributed by atoms with E-state index in [1.165, 1.54) is 37.7 Å². The summed E-state index contributed by atoms with van der Waals surface area (Å²) in [6.45, 7) is -0.144. The molecular weight excluding hydrogens is 476 g/mol. The Labute approximate surface area is 204 Å². The van der Waals surface area contributed by atoms with Crippen LogP contribution in [0.1, 0.15) is 25.6 Å². The molecule has 1 aromatic heterocycles. The lowest BCUT2D eigenvalue weighted by molar-refractivity contribution is -0.124. The molecular formula is C24H22N2O8S. The first-order valence-electron chi connectivity index (χ1n) is 10.4. The molecule has 0 saturated heterocycles. The first-order valence-corrected chi connectivity index (χ1v) is 11.3. The molecule has 1 aliphatic heterocycles. The second-order valence-corrected chi connectivity index (χ2v) is 8.17. The summed E-state index contributed by atoms with van der Waals surface area (Å²) in [5.74, 6) is 0.113. The molecule has 2 N–H and O–H groups in total. The Kier molecular flexibility index (Phi) is 7.36.